The van der Waals surface area contributed by atoms with Crippen LogP contribution < -0.4 is 10.6 Å². The number of hydrogen-bond acceptors (Lipinski definition) is 5. The average molecular weight is 432 g/mol. The molecule has 1 aliphatic heterocycles. The zero-order valence-corrected chi connectivity index (χ0v) is 17.7. The van der Waals surface area contributed by atoms with Gasteiger partial charge in [-0.15, -0.1) is 0 Å². The monoisotopic (exact) mass is 432 g/mol. The lowest BCUT2D eigenvalue weighted by atomic mass is 9.99. The third kappa shape index (κ3) is 7.27. The molecule has 0 aliphatic carbocycles. The van der Waals surface area contributed by atoms with Gasteiger partial charge in [0.15, 0.2) is 5.78 Å². The van der Waals surface area contributed by atoms with E-state index in [4.69, 9.17) is 5.41 Å². The van der Waals surface area contributed by atoms with Crippen molar-refractivity contribution in [2.75, 3.05) is 6.54 Å². The van der Waals surface area contributed by atoms with E-state index in [1.807, 2.05) is 0 Å². The molecule has 9 heteroatoms. The van der Waals surface area contributed by atoms with Gasteiger partial charge in [0.05, 0.1) is 6.21 Å². The lowest BCUT2D eigenvalue weighted by Crippen LogP contribution is -2.56. The zero-order valence-electron chi connectivity index (χ0n) is 17.7. The summed E-state index contributed by atoms with van der Waals surface area (Å²) in [5, 5.41) is 12.4. The van der Waals surface area contributed by atoms with Crippen LogP contribution in [-0.4, -0.2) is 53.2 Å². The second kappa shape index (κ2) is 11.9. The van der Waals surface area contributed by atoms with Crippen LogP contribution in [0.15, 0.2) is 24.3 Å². The lowest BCUT2D eigenvalue weighted by Gasteiger charge is -2.35. The summed E-state index contributed by atoms with van der Waals surface area (Å²) in [6.07, 6.45) is 3.08. The Morgan fingerprint density at radius 1 is 1.23 bits per heavy atom. The molecule has 3 amide bonds. The summed E-state index contributed by atoms with van der Waals surface area (Å²) >= 11 is 0. The summed E-state index contributed by atoms with van der Waals surface area (Å²) < 4.78 is 13.0. The number of hydrogen-bond donors (Lipinski definition) is 3. The maximum Gasteiger partial charge on any atom is 0.243 e. The first-order valence-corrected chi connectivity index (χ1v) is 10.5. The molecule has 1 aliphatic rings. The number of benzene rings is 1. The Kier molecular flexibility index (Phi) is 9.30. The molecule has 0 saturated carbocycles. The summed E-state index contributed by atoms with van der Waals surface area (Å²) in [6.45, 7) is 2.37. The van der Waals surface area contributed by atoms with Crippen LogP contribution >= 0.6 is 0 Å². The highest BCUT2D eigenvalue weighted by molar-refractivity contribution is 6.26. The number of likely N-dealkylation sites (tertiary alicyclic amines) is 1. The van der Waals surface area contributed by atoms with Crippen molar-refractivity contribution in [3.05, 3.63) is 35.6 Å². The molecule has 0 spiro atoms. The number of rotatable bonds is 10. The fourth-order valence-corrected chi connectivity index (χ4v) is 3.52. The summed E-state index contributed by atoms with van der Waals surface area (Å²) in [6, 6.07) is 4.01. The highest BCUT2D eigenvalue weighted by Crippen LogP contribution is 2.18. The van der Waals surface area contributed by atoms with Gasteiger partial charge in [-0.25, -0.2) is 4.39 Å². The molecule has 1 saturated heterocycles. The van der Waals surface area contributed by atoms with Gasteiger partial charge in [0.2, 0.25) is 17.7 Å². The molecule has 3 N–H and O–H groups in total. The molecule has 0 unspecified atom stereocenters. The standard InChI is InChI=1S/C22H29FN4O4/c1-2-20(29)27-12-4-3-5-19(27)22(31)26-18(11-10-17(28)13-24)21(30)25-14-15-6-8-16(23)9-7-15/h6-9,13,18-19,24H,2-5,10-12,14H2,1H3,(H,25,30)(H,26,31)/t18-,19-/m0/s1. The van der Waals surface area contributed by atoms with Gasteiger partial charge in [0.1, 0.15) is 17.9 Å². The van der Waals surface area contributed by atoms with Crippen molar-refractivity contribution in [3.63, 3.8) is 0 Å². The number of nitrogens with zero attached hydrogens (tertiary/aromatic N) is 1. The van der Waals surface area contributed by atoms with E-state index in [9.17, 15) is 23.6 Å². The van der Waals surface area contributed by atoms with Crippen LogP contribution in [0.3, 0.4) is 0 Å². The fraction of sp³-hybridized carbons (Fsp3) is 0.500. The summed E-state index contributed by atoms with van der Waals surface area (Å²) in [4.78, 5) is 50.9. The Labute approximate surface area is 181 Å². The van der Waals surface area contributed by atoms with Crippen LogP contribution in [0.5, 0.6) is 0 Å². The molecule has 0 radical (unpaired) electrons. The number of piperidine rings is 1. The quantitative estimate of drug-likeness (QED) is 0.488. The molecule has 1 fully saturated rings. The molecule has 1 aromatic rings. The third-order valence-electron chi connectivity index (χ3n) is 5.28. The van der Waals surface area contributed by atoms with Crippen molar-refractivity contribution < 1.29 is 23.6 Å². The molecular weight excluding hydrogens is 403 g/mol. The predicted molar refractivity (Wildman–Crippen MR) is 113 cm³/mol. The van der Waals surface area contributed by atoms with Crippen LogP contribution in [0.4, 0.5) is 4.39 Å². The van der Waals surface area contributed by atoms with Crippen LogP contribution in [0.2, 0.25) is 0 Å². The minimum absolute atomic E-state index is 0.0314. The highest BCUT2D eigenvalue weighted by Gasteiger charge is 2.33. The number of halogens is 1. The van der Waals surface area contributed by atoms with Gasteiger partial charge in [-0.3, -0.25) is 19.2 Å². The normalized spacial score (nSPS) is 16.8. The van der Waals surface area contributed by atoms with Gasteiger partial charge >= 0.3 is 0 Å². The number of Topliss-reactive ketones (excluding diaryl/α,β-unsaturated/α-hetero) is 1. The average Bonchev–Trinajstić information content (AvgIpc) is 2.80. The number of nitrogens with one attached hydrogen (secondary N) is 3. The Morgan fingerprint density at radius 3 is 2.58 bits per heavy atom. The van der Waals surface area contributed by atoms with Gasteiger partial charge in [-0.05, 0) is 43.4 Å². The lowest BCUT2D eigenvalue weighted by molar-refractivity contribution is -0.143. The summed E-state index contributed by atoms with van der Waals surface area (Å²) in [5.74, 6) is -1.86. The fourth-order valence-electron chi connectivity index (χ4n) is 3.52. The van der Waals surface area contributed by atoms with Gasteiger partial charge in [0.25, 0.3) is 0 Å². The van der Waals surface area contributed by atoms with E-state index in [-0.39, 0.29) is 31.1 Å². The molecule has 0 bridgehead atoms. The van der Waals surface area contributed by atoms with Crippen molar-refractivity contribution in [3.8, 4) is 0 Å². The predicted octanol–water partition coefficient (Wildman–Crippen LogP) is 1.72. The van der Waals surface area contributed by atoms with E-state index >= 15 is 0 Å². The Bertz CT molecular complexity index is 812. The summed E-state index contributed by atoms with van der Waals surface area (Å²) in [5.41, 5.74) is 0.683. The molecule has 1 heterocycles. The first-order valence-electron chi connectivity index (χ1n) is 10.5. The van der Waals surface area contributed by atoms with E-state index in [0.29, 0.717) is 31.2 Å². The summed E-state index contributed by atoms with van der Waals surface area (Å²) in [7, 11) is 0. The zero-order chi connectivity index (χ0) is 22.8. The molecule has 168 valence electrons. The third-order valence-corrected chi connectivity index (χ3v) is 5.28. The molecule has 0 aromatic heterocycles. The molecule has 2 atom stereocenters. The van der Waals surface area contributed by atoms with Crippen molar-refractivity contribution in [1.29, 1.82) is 5.41 Å². The highest BCUT2D eigenvalue weighted by atomic mass is 19.1. The molecule has 31 heavy (non-hydrogen) atoms. The Morgan fingerprint density at radius 2 is 1.94 bits per heavy atom. The molecular formula is C22H29FN4O4. The maximum atomic E-state index is 13.0. The molecule has 8 nitrogen and oxygen atoms in total. The van der Waals surface area contributed by atoms with E-state index in [0.717, 1.165) is 12.8 Å². The second-order valence-corrected chi connectivity index (χ2v) is 7.51. The minimum atomic E-state index is -0.989. The van der Waals surface area contributed by atoms with Crippen molar-refractivity contribution in [2.45, 2.75) is 64.1 Å². The van der Waals surface area contributed by atoms with Gasteiger partial charge < -0.3 is 20.9 Å². The van der Waals surface area contributed by atoms with Crippen LogP contribution in [0.25, 0.3) is 0 Å². The van der Waals surface area contributed by atoms with Crippen molar-refractivity contribution in [1.82, 2.24) is 15.5 Å². The van der Waals surface area contributed by atoms with E-state index in [1.54, 1.807) is 11.8 Å². The smallest absolute Gasteiger partial charge is 0.243 e. The molecule has 2 rings (SSSR count). The number of amides is 3. The first kappa shape index (κ1) is 24.2. The Balaban J connectivity index is 2.06. The van der Waals surface area contributed by atoms with Crippen LogP contribution in [0.1, 0.15) is 51.0 Å². The first-order chi connectivity index (χ1) is 14.8. The van der Waals surface area contributed by atoms with E-state index in [1.165, 1.54) is 24.3 Å². The largest absolute Gasteiger partial charge is 0.350 e. The van der Waals surface area contributed by atoms with Gasteiger partial charge in [-0.2, -0.15) is 0 Å². The van der Waals surface area contributed by atoms with Gasteiger partial charge in [0, 0.05) is 25.9 Å². The van der Waals surface area contributed by atoms with Crippen LogP contribution in [-0.2, 0) is 25.7 Å². The van der Waals surface area contributed by atoms with Crippen molar-refractivity contribution >= 4 is 29.7 Å². The van der Waals surface area contributed by atoms with E-state index < -0.39 is 29.7 Å². The number of carbonyl (C=O) groups excluding carboxylic acids is 4. The van der Waals surface area contributed by atoms with Gasteiger partial charge in [-0.1, -0.05) is 19.1 Å². The number of ketones is 1. The van der Waals surface area contributed by atoms with Crippen LogP contribution in [0, 0.1) is 11.2 Å². The van der Waals surface area contributed by atoms with E-state index in [2.05, 4.69) is 10.6 Å². The maximum absolute atomic E-state index is 13.0. The minimum Gasteiger partial charge on any atom is -0.350 e. The topological polar surface area (TPSA) is 119 Å². The second-order valence-electron chi connectivity index (χ2n) is 7.51. The SMILES string of the molecule is CCC(=O)N1CCCC[C@H]1C(=O)N[C@@H](CCC(=O)C=N)C(=O)NCc1ccc(F)cc1. The van der Waals surface area contributed by atoms with Crippen molar-refractivity contribution in [2.24, 2.45) is 0 Å². The molecule has 1 aromatic carbocycles. The number of carbonyl (C=O) groups is 4. The Hall–Kier alpha value is -3.10.